The van der Waals surface area contributed by atoms with E-state index in [0.717, 1.165) is 46.3 Å². The Morgan fingerprint density at radius 1 is 1.06 bits per heavy atom. The molecule has 1 aromatic heterocycles. The number of likely N-dealkylation sites (tertiary alicyclic amines) is 1. The molecule has 0 saturated carbocycles. The summed E-state index contributed by atoms with van der Waals surface area (Å²) >= 11 is 0. The van der Waals surface area contributed by atoms with E-state index in [1.54, 1.807) is 7.11 Å². The van der Waals surface area contributed by atoms with Crippen LogP contribution in [0.2, 0.25) is 0 Å². The summed E-state index contributed by atoms with van der Waals surface area (Å²) in [5.74, 6) is 0.855. The fraction of sp³-hybridized carbons (Fsp3) is 0.241. The van der Waals surface area contributed by atoms with Crippen LogP contribution in [-0.2, 0) is 11.3 Å². The second kappa shape index (κ2) is 10.1. The minimum absolute atomic E-state index is 0.0264. The molecule has 1 fully saturated rings. The third-order valence-electron chi connectivity index (χ3n) is 6.74. The number of H-pyrrole nitrogens is 1. The average molecular weight is 468 g/mol. The fourth-order valence-corrected chi connectivity index (χ4v) is 4.78. The number of hydrogen-bond donors (Lipinski definition) is 2. The Balaban J connectivity index is 1.33. The van der Waals surface area contributed by atoms with Gasteiger partial charge < -0.3 is 19.9 Å². The molecule has 1 atom stereocenters. The van der Waals surface area contributed by atoms with E-state index in [2.05, 4.69) is 22.4 Å². The van der Waals surface area contributed by atoms with Gasteiger partial charge in [0, 0.05) is 54.6 Å². The summed E-state index contributed by atoms with van der Waals surface area (Å²) in [6.07, 6.45) is 3.58. The second-order valence-electron chi connectivity index (χ2n) is 8.94. The lowest BCUT2D eigenvalue weighted by Crippen LogP contribution is -2.29. The van der Waals surface area contributed by atoms with Crippen molar-refractivity contribution >= 4 is 22.7 Å². The number of fused-ring (bicyclic) bond motifs is 1. The predicted molar refractivity (Wildman–Crippen MR) is 137 cm³/mol. The Bertz CT molecular complexity index is 1330. The minimum atomic E-state index is -0.118. The van der Waals surface area contributed by atoms with E-state index in [1.807, 2.05) is 71.8 Å². The zero-order valence-corrected chi connectivity index (χ0v) is 19.8. The Labute approximate surface area is 204 Å². The lowest BCUT2D eigenvalue weighted by atomic mass is 9.90. The Kier molecular flexibility index (Phi) is 6.53. The molecule has 0 aliphatic carbocycles. The zero-order chi connectivity index (χ0) is 24.2. The number of aromatic nitrogens is 1. The molecule has 2 heterocycles. The van der Waals surface area contributed by atoms with Gasteiger partial charge in [-0.2, -0.15) is 0 Å². The number of para-hydroxylation sites is 1. The van der Waals surface area contributed by atoms with Crippen molar-refractivity contribution in [3.63, 3.8) is 0 Å². The van der Waals surface area contributed by atoms with Crippen molar-refractivity contribution in [3.8, 4) is 5.75 Å². The Morgan fingerprint density at radius 2 is 1.83 bits per heavy atom. The molecule has 2 N–H and O–H groups in total. The minimum Gasteiger partial charge on any atom is -0.497 e. The number of hydrogen-bond acceptors (Lipinski definition) is 3. The summed E-state index contributed by atoms with van der Waals surface area (Å²) in [5.41, 5.74) is 4.94. The van der Waals surface area contributed by atoms with Crippen molar-refractivity contribution in [1.29, 1.82) is 0 Å². The van der Waals surface area contributed by atoms with E-state index >= 15 is 0 Å². The van der Waals surface area contributed by atoms with Gasteiger partial charge in [-0.15, -0.1) is 0 Å². The first-order chi connectivity index (χ1) is 17.1. The first kappa shape index (κ1) is 22.7. The molecule has 1 saturated heterocycles. The van der Waals surface area contributed by atoms with Crippen LogP contribution in [0, 0.1) is 0 Å². The van der Waals surface area contributed by atoms with E-state index in [9.17, 15) is 9.59 Å². The highest BCUT2D eigenvalue weighted by Crippen LogP contribution is 2.31. The second-order valence-corrected chi connectivity index (χ2v) is 8.94. The van der Waals surface area contributed by atoms with Gasteiger partial charge in [-0.25, -0.2) is 0 Å². The van der Waals surface area contributed by atoms with Crippen molar-refractivity contribution in [2.24, 2.45) is 0 Å². The highest BCUT2D eigenvalue weighted by molar-refractivity contribution is 5.94. The number of methoxy groups -OCH3 is 1. The molecular formula is C29H29N3O3. The number of aromatic amines is 1. The van der Waals surface area contributed by atoms with Crippen LogP contribution in [0.3, 0.4) is 0 Å². The largest absolute Gasteiger partial charge is 0.497 e. The number of carbonyl (C=O) groups excluding carboxylic acids is 2. The molecule has 2 amide bonds. The predicted octanol–water partition coefficient (Wildman–Crippen LogP) is 4.86. The van der Waals surface area contributed by atoms with Crippen LogP contribution < -0.4 is 10.1 Å². The van der Waals surface area contributed by atoms with Crippen LogP contribution in [0.4, 0.5) is 0 Å². The van der Waals surface area contributed by atoms with E-state index in [1.165, 1.54) is 0 Å². The number of ether oxygens (including phenoxy) is 1. The molecule has 6 nitrogen and oxygen atoms in total. The molecule has 0 bridgehead atoms. The average Bonchev–Trinajstić information content (AvgIpc) is 3.51. The van der Waals surface area contributed by atoms with Gasteiger partial charge in [-0.3, -0.25) is 9.59 Å². The molecule has 0 spiro atoms. The van der Waals surface area contributed by atoms with E-state index in [4.69, 9.17) is 4.74 Å². The third kappa shape index (κ3) is 4.92. The summed E-state index contributed by atoms with van der Waals surface area (Å²) in [6, 6.07) is 23.7. The van der Waals surface area contributed by atoms with Gasteiger partial charge in [-0.05, 0) is 53.4 Å². The summed E-state index contributed by atoms with van der Waals surface area (Å²) in [5, 5.41) is 4.27. The fourth-order valence-electron chi connectivity index (χ4n) is 4.78. The molecule has 1 unspecified atom stereocenters. The maximum Gasteiger partial charge on any atom is 0.251 e. The van der Waals surface area contributed by atoms with Crippen molar-refractivity contribution in [2.75, 3.05) is 20.2 Å². The lowest BCUT2D eigenvalue weighted by Gasteiger charge is -2.19. The molecule has 6 heteroatoms. The molecular weight excluding hydrogens is 438 g/mol. The summed E-state index contributed by atoms with van der Waals surface area (Å²) in [4.78, 5) is 30.1. The molecule has 3 aromatic carbocycles. The van der Waals surface area contributed by atoms with Gasteiger partial charge in [0.2, 0.25) is 5.91 Å². The number of nitrogens with one attached hydrogen (secondary N) is 2. The molecule has 0 radical (unpaired) electrons. The van der Waals surface area contributed by atoms with Crippen molar-refractivity contribution in [3.05, 3.63) is 101 Å². The number of benzene rings is 3. The molecule has 5 rings (SSSR count). The van der Waals surface area contributed by atoms with Crippen LogP contribution in [0.1, 0.15) is 45.8 Å². The van der Waals surface area contributed by atoms with Crippen molar-refractivity contribution in [2.45, 2.75) is 25.3 Å². The zero-order valence-electron chi connectivity index (χ0n) is 19.8. The number of amides is 2. The summed E-state index contributed by atoms with van der Waals surface area (Å²) < 4.78 is 5.33. The Morgan fingerprint density at radius 3 is 2.54 bits per heavy atom. The first-order valence-corrected chi connectivity index (χ1v) is 12.0. The lowest BCUT2D eigenvalue weighted by molar-refractivity contribution is -0.128. The molecule has 35 heavy (non-hydrogen) atoms. The van der Waals surface area contributed by atoms with Gasteiger partial charge in [-0.1, -0.05) is 42.5 Å². The van der Waals surface area contributed by atoms with Crippen molar-refractivity contribution in [1.82, 2.24) is 15.2 Å². The van der Waals surface area contributed by atoms with E-state index in [-0.39, 0.29) is 17.7 Å². The maximum atomic E-state index is 13.0. The molecule has 4 aromatic rings. The van der Waals surface area contributed by atoms with Gasteiger partial charge in [0.25, 0.3) is 5.91 Å². The molecule has 178 valence electrons. The van der Waals surface area contributed by atoms with Crippen LogP contribution >= 0.6 is 0 Å². The van der Waals surface area contributed by atoms with Crippen molar-refractivity contribution < 1.29 is 14.3 Å². The summed E-state index contributed by atoms with van der Waals surface area (Å²) in [6.45, 7) is 1.86. The standard InChI is InChI=1S/C29H29N3O3/c1-35-23-14-12-21(13-15-23)25(26-18-30-27-6-3-2-5-24(26)27)17-31-29(34)22-10-8-20(9-11-22)19-32-16-4-7-28(32)33/h2-3,5-6,8-15,18,25,30H,4,7,16-17,19H2,1H3,(H,31,34). The van der Waals surface area contributed by atoms with E-state index < -0.39 is 0 Å². The SMILES string of the molecule is COc1ccc(C(CNC(=O)c2ccc(CN3CCCC3=O)cc2)c2c[nH]c3ccccc23)cc1. The highest BCUT2D eigenvalue weighted by Gasteiger charge is 2.21. The first-order valence-electron chi connectivity index (χ1n) is 12.0. The number of carbonyl (C=O) groups is 2. The van der Waals surface area contributed by atoms with E-state index in [0.29, 0.717) is 25.1 Å². The quantitative estimate of drug-likeness (QED) is 0.389. The summed E-state index contributed by atoms with van der Waals surface area (Å²) in [7, 11) is 1.65. The van der Waals surface area contributed by atoms with Crippen LogP contribution in [0.5, 0.6) is 5.75 Å². The van der Waals surface area contributed by atoms with Crippen LogP contribution in [0.15, 0.2) is 79.0 Å². The van der Waals surface area contributed by atoms with Crippen LogP contribution in [-0.4, -0.2) is 41.9 Å². The number of nitrogens with zero attached hydrogens (tertiary/aromatic N) is 1. The topological polar surface area (TPSA) is 74.4 Å². The van der Waals surface area contributed by atoms with Crippen LogP contribution in [0.25, 0.3) is 10.9 Å². The smallest absolute Gasteiger partial charge is 0.251 e. The van der Waals surface area contributed by atoms with Gasteiger partial charge in [0.1, 0.15) is 5.75 Å². The van der Waals surface area contributed by atoms with Gasteiger partial charge in [0.15, 0.2) is 0 Å². The monoisotopic (exact) mass is 467 g/mol. The highest BCUT2D eigenvalue weighted by atomic mass is 16.5. The molecule has 1 aliphatic rings. The Hall–Kier alpha value is -4.06. The maximum absolute atomic E-state index is 13.0. The van der Waals surface area contributed by atoms with Gasteiger partial charge >= 0.3 is 0 Å². The van der Waals surface area contributed by atoms with Gasteiger partial charge in [0.05, 0.1) is 7.11 Å². The number of rotatable bonds is 8. The third-order valence-corrected chi connectivity index (χ3v) is 6.74. The molecule has 1 aliphatic heterocycles. The normalized spacial score (nSPS) is 14.3.